The smallest absolute Gasteiger partial charge is 0.246 e. The molecule has 9 heteroatoms. The normalized spacial score (nSPS) is 12.0. The summed E-state index contributed by atoms with van der Waals surface area (Å²) in [7, 11) is -2.62. The van der Waals surface area contributed by atoms with Gasteiger partial charge in [-0.2, -0.15) is 9.40 Å². The summed E-state index contributed by atoms with van der Waals surface area (Å²) >= 11 is 2.95. The molecule has 20 heavy (non-hydrogen) atoms. The van der Waals surface area contributed by atoms with Crippen LogP contribution in [0.2, 0.25) is 0 Å². The van der Waals surface area contributed by atoms with E-state index in [0.717, 1.165) is 10.4 Å². The van der Waals surface area contributed by atoms with E-state index in [1.807, 2.05) is 0 Å². The SMILES string of the molecule is CN(Cc1cn[nH]c1)S(=O)(=O)c1cc(N)cc(Br)c1F. The zero-order valence-corrected chi connectivity index (χ0v) is 12.9. The molecule has 0 amide bonds. The van der Waals surface area contributed by atoms with Gasteiger partial charge in [-0.25, -0.2) is 12.8 Å². The van der Waals surface area contributed by atoms with E-state index in [2.05, 4.69) is 26.1 Å². The molecule has 0 aliphatic carbocycles. The first-order chi connectivity index (χ1) is 9.32. The van der Waals surface area contributed by atoms with Gasteiger partial charge in [-0.3, -0.25) is 5.10 Å². The number of anilines is 1. The maximum atomic E-state index is 14.0. The first-order valence-electron chi connectivity index (χ1n) is 5.51. The van der Waals surface area contributed by atoms with Crippen molar-refractivity contribution in [3.8, 4) is 0 Å². The third-order valence-electron chi connectivity index (χ3n) is 2.67. The Morgan fingerprint density at radius 1 is 1.50 bits per heavy atom. The van der Waals surface area contributed by atoms with Gasteiger partial charge in [0, 0.05) is 31.0 Å². The number of benzene rings is 1. The van der Waals surface area contributed by atoms with Gasteiger partial charge in [0.1, 0.15) is 4.90 Å². The number of sulfonamides is 1. The van der Waals surface area contributed by atoms with Crippen LogP contribution in [0.5, 0.6) is 0 Å². The van der Waals surface area contributed by atoms with E-state index in [0.29, 0.717) is 5.56 Å². The molecule has 6 nitrogen and oxygen atoms in total. The number of hydrogen-bond donors (Lipinski definition) is 2. The van der Waals surface area contributed by atoms with Crippen molar-refractivity contribution in [2.24, 2.45) is 0 Å². The summed E-state index contributed by atoms with van der Waals surface area (Å²) in [6.07, 6.45) is 3.06. The van der Waals surface area contributed by atoms with E-state index in [1.165, 1.54) is 19.3 Å². The van der Waals surface area contributed by atoms with E-state index in [4.69, 9.17) is 5.73 Å². The Morgan fingerprint density at radius 2 is 2.20 bits per heavy atom. The van der Waals surface area contributed by atoms with Crippen molar-refractivity contribution in [3.05, 3.63) is 40.4 Å². The number of H-pyrrole nitrogens is 1. The van der Waals surface area contributed by atoms with Gasteiger partial charge in [0.05, 0.1) is 10.7 Å². The predicted octanol–water partition coefficient (Wildman–Crippen LogP) is 1.71. The molecule has 2 aromatic rings. The number of nitrogen functional groups attached to an aromatic ring is 1. The van der Waals surface area contributed by atoms with Crippen LogP contribution in [0.3, 0.4) is 0 Å². The molecule has 1 heterocycles. The van der Waals surface area contributed by atoms with E-state index in [-0.39, 0.29) is 16.7 Å². The number of hydrogen-bond acceptors (Lipinski definition) is 4. The Bertz CT molecular complexity index is 718. The summed E-state index contributed by atoms with van der Waals surface area (Å²) in [6, 6.07) is 2.41. The molecular weight excluding hydrogens is 351 g/mol. The lowest BCUT2D eigenvalue weighted by molar-refractivity contribution is 0.459. The highest BCUT2D eigenvalue weighted by molar-refractivity contribution is 9.10. The molecule has 1 aromatic carbocycles. The molecule has 1 aromatic heterocycles. The largest absolute Gasteiger partial charge is 0.399 e. The van der Waals surface area contributed by atoms with Crippen molar-refractivity contribution in [2.75, 3.05) is 12.8 Å². The second kappa shape index (κ2) is 5.51. The van der Waals surface area contributed by atoms with Crippen LogP contribution in [-0.4, -0.2) is 30.0 Å². The third kappa shape index (κ3) is 2.84. The van der Waals surface area contributed by atoms with E-state index < -0.39 is 20.7 Å². The van der Waals surface area contributed by atoms with Crippen LogP contribution in [0.15, 0.2) is 33.9 Å². The maximum absolute atomic E-state index is 14.0. The summed E-state index contributed by atoms with van der Waals surface area (Å²) in [5, 5.41) is 6.31. The number of aromatic amines is 1. The summed E-state index contributed by atoms with van der Waals surface area (Å²) in [4.78, 5) is -0.463. The maximum Gasteiger partial charge on any atom is 0.246 e. The fourth-order valence-corrected chi connectivity index (χ4v) is 3.53. The lowest BCUT2D eigenvalue weighted by Crippen LogP contribution is -2.27. The number of rotatable bonds is 4. The van der Waals surface area contributed by atoms with Crippen LogP contribution >= 0.6 is 15.9 Å². The second-order valence-corrected chi connectivity index (χ2v) is 7.05. The van der Waals surface area contributed by atoms with Gasteiger partial charge in [-0.05, 0) is 28.1 Å². The Balaban J connectivity index is 2.40. The molecule has 2 rings (SSSR count). The minimum Gasteiger partial charge on any atom is -0.399 e. The lowest BCUT2D eigenvalue weighted by Gasteiger charge is -2.17. The minimum absolute atomic E-state index is 0.00721. The average molecular weight is 363 g/mol. The van der Waals surface area contributed by atoms with Crippen molar-refractivity contribution in [3.63, 3.8) is 0 Å². The molecule has 0 saturated carbocycles. The second-order valence-electron chi connectivity index (χ2n) is 4.18. The van der Waals surface area contributed by atoms with E-state index in [1.54, 1.807) is 6.20 Å². The van der Waals surface area contributed by atoms with Crippen LogP contribution in [0.1, 0.15) is 5.56 Å². The Kier molecular flexibility index (Phi) is 4.11. The molecule has 0 aliphatic heterocycles. The molecule has 0 atom stereocenters. The average Bonchev–Trinajstić information content (AvgIpc) is 2.86. The van der Waals surface area contributed by atoms with Crippen molar-refractivity contribution in [2.45, 2.75) is 11.4 Å². The van der Waals surface area contributed by atoms with Crippen molar-refractivity contribution in [1.82, 2.24) is 14.5 Å². The predicted molar refractivity (Wildman–Crippen MR) is 75.8 cm³/mol. The van der Waals surface area contributed by atoms with E-state index in [9.17, 15) is 12.8 Å². The van der Waals surface area contributed by atoms with Gasteiger partial charge >= 0.3 is 0 Å². The van der Waals surface area contributed by atoms with Crippen LogP contribution in [0.4, 0.5) is 10.1 Å². The minimum atomic E-state index is -3.98. The Labute approximate surface area is 124 Å². The molecule has 3 N–H and O–H groups in total. The quantitative estimate of drug-likeness (QED) is 0.809. The van der Waals surface area contributed by atoms with Gasteiger partial charge in [0.25, 0.3) is 0 Å². The fraction of sp³-hybridized carbons (Fsp3) is 0.182. The Hall–Kier alpha value is -1.45. The van der Waals surface area contributed by atoms with Gasteiger partial charge in [0.15, 0.2) is 5.82 Å². The number of halogens is 2. The standard InChI is InChI=1S/C11H12BrFN4O2S/c1-17(6-7-4-15-16-5-7)20(18,19)10-3-8(14)2-9(12)11(10)13/h2-5H,6,14H2,1H3,(H,15,16). The summed E-state index contributed by atoms with van der Waals surface area (Å²) < 4.78 is 39.8. The molecule has 108 valence electrons. The first kappa shape index (κ1) is 14.9. The van der Waals surface area contributed by atoms with Crippen molar-refractivity contribution < 1.29 is 12.8 Å². The highest BCUT2D eigenvalue weighted by Crippen LogP contribution is 2.28. The van der Waals surface area contributed by atoms with Gasteiger partial charge in [-0.15, -0.1) is 0 Å². The third-order valence-corrected chi connectivity index (χ3v) is 5.05. The summed E-state index contributed by atoms with van der Waals surface area (Å²) in [5.41, 5.74) is 6.39. The highest BCUT2D eigenvalue weighted by Gasteiger charge is 2.26. The van der Waals surface area contributed by atoms with Crippen LogP contribution < -0.4 is 5.73 Å². The van der Waals surface area contributed by atoms with Gasteiger partial charge in [-0.1, -0.05) is 0 Å². The highest BCUT2D eigenvalue weighted by atomic mass is 79.9. The number of aromatic nitrogens is 2. The van der Waals surface area contributed by atoms with Crippen LogP contribution in [0.25, 0.3) is 0 Å². The number of nitrogens with two attached hydrogens (primary N) is 1. The molecule has 0 saturated heterocycles. The first-order valence-corrected chi connectivity index (χ1v) is 7.74. The molecule has 0 radical (unpaired) electrons. The van der Waals surface area contributed by atoms with Crippen LogP contribution in [-0.2, 0) is 16.6 Å². The fourth-order valence-electron chi connectivity index (χ4n) is 1.65. The summed E-state index contributed by atoms with van der Waals surface area (Å²) in [6.45, 7) is 0.0741. The molecule has 0 fully saturated rings. The lowest BCUT2D eigenvalue weighted by atomic mass is 10.3. The van der Waals surface area contributed by atoms with Gasteiger partial charge < -0.3 is 5.73 Å². The Morgan fingerprint density at radius 3 is 2.80 bits per heavy atom. The molecule has 0 unspecified atom stereocenters. The van der Waals surface area contributed by atoms with Gasteiger partial charge in [0.2, 0.25) is 10.0 Å². The summed E-state index contributed by atoms with van der Waals surface area (Å²) in [5.74, 6) is -0.863. The number of nitrogens with zero attached hydrogens (tertiary/aromatic N) is 2. The van der Waals surface area contributed by atoms with E-state index >= 15 is 0 Å². The molecule has 0 spiro atoms. The van der Waals surface area contributed by atoms with Crippen molar-refractivity contribution in [1.29, 1.82) is 0 Å². The van der Waals surface area contributed by atoms with Crippen molar-refractivity contribution >= 4 is 31.6 Å². The molecule has 0 aliphatic rings. The molecule has 0 bridgehead atoms. The van der Waals surface area contributed by atoms with Crippen LogP contribution in [0, 0.1) is 5.82 Å². The molecular formula is C11H12BrFN4O2S. The topological polar surface area (TPSA) is 92.1 Å². The zero-order valence-electron chi connectivity index (χ0n) is 10.5. The monoisotopic (exact) mass is 362 g/mol. The zero-order chi connectivity index (χ0) is 14.9. The number of nitrogens with one attached hydrogen (secondary N) is 1.